The molecule has 1 aliphatic heterocycles. The van der Waals surface area contributed by atoms with Crippen LogP contribution in [0.2, 0.25) is 0 Å². The van der Waals surface area contributed by atoms with Crippen LogP contribution in [0.25, 0.3) is 0 Å². The van der Waals surface area contributed by atoms with Crippen LogP contribution in [0.1, 0.15) is 76.4 Å². The van der Waals surface area contributed by atoms with Crippen molar-refractivity contribution in [1.29, 1.82) is 0 Å². The van der Waals surface area contributed by atoms with Crippen LogP contribution in [0.15, 0.2) is 4.52 Å². The number of piperidine rings is 1. The van der Waals surface area contributed by atoms with E-state index in [0.717, 1.165) is 51.0 Å². The van der Waals surface area contributed by atoms with Crippen molar-refractivity contribution in [3.63, 3.8) is 0 Å². The molecule has 1 aliphatic rings. The van der Waals surface area contributed by atoms with Gasteiger partial charge in [0.05, 0.1) is 5.92 Å². The van der Waals surface area contributed by atoms with Gasteiger partial charge in [0.25, 0.3) is 0 Å². The smallest absolute Gasteiger partial charge is 0.317 e. The van der Waals surface area contributed by atoms with E-state index in [1.165, 1.54) is 0 Å². The third-order valence-corrected chi connectivity index (χ3v) is 4.37. The van der Waals surface area contributed by atoms with Gasteiger partial charge in [0, 0.05) is 25.6 Å². The number of rotatable bonds is 6. The van der Waals surface area contributed by atoms with E-state index in [0.29, 0.717) is 18.4 Å². The first-order valence-electron chi connectivity index (χ1n) is 8.51. The molecule has 6 nitrogen and oxygen atoms in total. The number of carbonyl (C=O) groups excluding carboxylic acids is 1. The van der Waals surface area contributed by atoms with Crippen LogP contribution in [0, 0.1) is 0 Å². The molecule has 0 aromatic carbocycles. The van der Waals surface area contributed by atoms with Crippen molar-refractivity contribution in [2.75, 3.05) is 19.6 Å². The second-order valence-corrected chi connectivity index (χ2v) is 6.17. The van der Waals surface area contributed by atoms with Crippen molar-refractivity contribution in [3.05, 3.63) is 11.7 Å². The van der Waals surface area contributed by atoms with Crippen LogP contribution in [-0.4, -0.2) is 40.7 Å². The monoisotopic (exact) mass is 308 g/mol. The molecule has 0 radical (unpaired) electrons. The summed E-state index contributed by atoms with van der Waals surface area (Å²) in [6.07, 6.45) is 5.08. The Balaban J connectivity index is 1.92. The highest BCUT2D eigenvalue weighted by Gasteiger charge is 2.28. The van der Waals surface area contributed by atoms with Crippen molar-refractivity contribution in [1.82, 2.24) is 20.4 Å². The lowest BCUT2D eigenvalue weighted by Gasteiger charge is -2.31. The van der Waals surface area contributed by atoms with Gasteiger partial charge in [0.1, 0.15) is 0 Å². The largest absolute Gasteiger partial charge is 0.339 e. The quantitative estimate of drug-likeness (QED) is 0.819. The molecule has 1 saturated heterocycles. The Labute approximate surface area is 132 Å². The second kappa shape index (κ2) is 8.15. The fourth-order valence-corrected chi connectivity index (χ4v) is 2.64. The standard InChI is InChI=1S/C16H28N4O2/c1-4-6-9-17-16(21)20-10-7-8-13(11-20)15-18-14(19-22-15)12(3)5-2/h12-13H,4-11H2,1-3H3,(H,17,21). The summed E-state index contributed by atoms with van der Waals surface area (Å²) in [4.78, 5) is 18.6. The van der Waals surface area contributed by atoms with Crippen LogP contribution in [0.5, 0.6) is 0 Å². The maximum Gasteiger partial charge on any atom is 0.317 e. The minimum atomic E-state index is 0.0276. The van der Waals surface area contributed by atoms with E-state index in [-0.39, 0.29) is 11.9 Å². The summed E-state index contributed by atoms with van der Waals surface area (Å²) < 4.78 is 5.43. The van der Waals surface area contributed by atoms with Crippen molar-refractivity contribution in [3.8, 4) is 0 Å². The molecular formula is C16H28N4O2. The van der Waals surface area contributed by atoms with Gasteiger partial charge in [-0.2, -0.15) is 4.98 Å². The molecule has 2 unspecified atom stereocenters. The Kier molecular flexibility index (Phi) is 6.21. The van der Waals surface area contributed by atoms with Gasteiger partial charge >= 0.3 is 6.03 Å². The molecule has 0 spiro atoms. The van der Waals surface area contributed by atoms with Gasteiger partial charge in [-0.15, -0.1) is 0 Å². The molecule has 2 atom stereocenters. The SMILES string of the molecule is CCCCNC(=O)N1CCCC(c2nc(C(C)CC)no2)C1. The fraction of sp³-hybridized carbons (Fsp3) is 0.812. The van der Waals surface area contributed by atoms with Gasteiger partial charge in [0.15, 0.2) is 5.82 Å². The van der Waals surface area contributed by atoms with Crippen molar-refractivity contribution in [2.24, 2.45) is 0 Å². The fourth-order valence-electron chi connectivity index (χ4n) is 2.64. The summed E-state index contributed by atoms with van der Waals surface area (Å²) in [6.45, 7) is 8.55. The van der Waals surface area contributed by atoms with Crippen LogP contribution >= 0.6 is 0 Å². The molecule has 1 fully saturated rings. The summed E-state index contributed by atoms with van der Waals surface area (Å²) in [6, 6.07) is 0.0276. The summed E-state index contributed by atoms with van der Waals surface area (Å²) >= 11 is 0. The lowest BCUT2D eigenvalue weighted by atomic mass is 9.98. The minimum Gasteiger partial charge on any atom is -0.339 e. The number of carbonyl (C=O) groups is 1. The number of aromatic nitrogens is 2. The van der Waals surface area contributed by atoms with E-state index in [4.69, 9.17) is 4.52 Å². The molecule has 0 aliphatic carbocycles. The number of hydrogen-bond acceptors (Lipinski definition) is 4. The van der Waals surface area contributed by atoms with E-state index in [1.807, 2.05) is 4.90 Å². The van der Waals surface area contributed by atoms with E-state index < -0.39 is 0 Å². The number of urea groups is 1. The highest BCUT2D eigenvalue weighted by Crippen LogP contribution is 2.27. The topological polar surface area (TPSA) is 71.3 Å². The molecule has 1 aromatic heterocycles. The Bertz CT molecular complexity index is 474. The molecule has 6 heteroatoms. The van der Waals surface area contributed by atoms with Gasteiger partial charge in [-0.1, -0.05) is 32.3 Å². The van der Waals surface area contributed by atoms with E-state index >= 15 is 0 Å². The van der Waals surface area contributed by atoms with E-state index in [1.54, 1.807) is 0 Å². The number of nitrogens with zero attached hydrogens (tertiary/aromatic N) is 3. The third-order valence-electron chi connectivity index (χ3n) is 4.37. The van der Waals surface area contributed by atoms with E-state index in [2.05, 4.69) is 36.2 Å². The highest BCUT2D eigenvalue weighted by molar-refractivity contribution is 5.74. The average Bonchev–Trinajstić information content (AvgIpc) is 3.04. The number of unbranched alkanes of at least 4 members (excludes halogenated alkanes) is 1. The normalized spacial score (nSPS) is 20.0. The molecule has 2 amide bonds. The zero-order valence-electron chi connectivity index (χ0n) is 14.0. The van der Waals surface area contributed by atoms with Gasteiger partial charge < -0.3 is 14.7 Å². The number of amides is 2. The molecule has 124 valence electrons. The molecule has 0 bridgehead atoms. The summed E-state index contributed by atoms with van der Waals surface area (Å²) in [5.74, 6) is 1.94. The van der Waals surface area contributed by atoms with E-state index in [9.17, 15) is 4.79 Å². The average molecular weight is 308 g/mol. The van der Waals surface area contributed by atoms with Crippen LogP contribution in [0.3, 0.4) is 0 Å². The minimum absolute atomic E-state index is 0.0276. The van der Waals surface area contributed by atoms with Gasteiger partial charge in [-0.25, -0.2) is 4.79 Å². The van der Waals surface area contributed by atoms with Crippen LogP contribution < -0.4 is 5.32 Å². The lowest BCUT2D eigenvalue weighted by Crippen LogP contribution is -2.45. The van der Waals surface area contributed by atoms with Crippen LogP contribution in [-0.2, 0) is 0 Å². The van der Waals surface area contributed by atoms with Crippen LogP contribution in [0.4, 0.5) is 4.79 Å². The summed E-state index contributed by atoms with van der Waals surface area (Å²) in [7, 11) is 0. The summed E-state index contributed by atoms with van der Waals surface area (Å²) in [5.41, 5.74) is 0. The summed E-state index contributed by atoms with van der Waals surface area (Å²) in [5, 5.41) is 7.07. The Morgan fingerprint density at radius 1 is 1.50 bits per heavy atom. The maximum atomic E-state index is 12.2. The molecule has 2 rings (SSSR count). The van der Waals surface area contributed by atoms with Gasteiger partial charge in [0.2, 0.25) is 5.89 Å². The maximum absolute atomic E-state index is 12.2. The predicted molar refractivity (Wildman–Crippen MR) is 84.9 cm³/mol. The van der Waals surface area contributed by atoms with Crippen molar-refractivity contribution in [2.45, 2.75) is 64.7 Å². The number of hydrogen-bond donors (Lipinski definition) is 1. The molecule has 1 aromatic rings. The Hall–Kier alpha value is -1.59. The third kappa shape index (κ3) is 4.21. The second-order valence-electron chi connectivity index (χ2n) is 6.17. The molecular weight excluding hydrogens is 280 g/mol. The molecule has 2 heterocycles. The van der Waals surface area contributed by atoms with Gasteiger partial charge in [-0.05, 0) is 25.7 Å². The highest BCUT2D eigenvalue weighted by atomic mass is 16.5. The molecule has 0 saturated carbocycles. The lowest BCUT2D eigenvalue weighted by molar-refractivity contribution is 0.172. The first-order chi connectivity index (χ1) is 10.7. The number of nitrogens with one attached hydrogen (secondary N) is 1. The first-order valence-corrected chi connectivity index (χ1v) is 8.51. The Morgan fingerprint density at radius 3 is 3.05 bits per heavy atom. The molecule has 22 heavy (non-hydrogen) atoms. The number of likely N-dealkylation sites (tertiary alicyclic amines) is 1. The predicted octanol–water partition coefficient (Wildman–Crippen LogP) is 3.27. The zero-order valence-corrected chi connectivity index (χ0v) is 14.0. The van der Waals surface area contributed by atoms with Crippen molar-refractivity contribution >= 4 is 6.03 Å². The Morgan fingerprint density at radius 2 is 2.32 bits per heavy atom. The van der Waals surface area contributed by atoms with Gasteiger partial charge in [-0.3, -0.25) is 0 Å². The molecule has 1 N–H and O–H groups in total. The van der Waals surface area contributed by atoms with Crippen molar-refractivity contribution < 1.29 is 9.32 Å². The first kappa shape index (κ1) is 16.8. The zero-order chi connectivity index (χ0) is 15.9.